The number of ketones is 1. The molecule has 0 radical (unpaired) electrons. The van der Waals surface area contributed by atoms with Gasteiger partial charge < -0.3 is 9.64 Å². The Balaban J connectivity index is 1.16. The van der Waals surface area contributed by atoms with Crippen LogP contribution in [0.3, 0.4) is 0 Å². The highest BCUT2D eigenvalue weighted by Crippen LogP contribution is 2.45. The molecule has 2 atom stereocenters. The Labute approximate surface area is 211 Å². The highest BCUT2D eigenvalue weighted by molar-refractivity contribution is 6.01. The van der Waals surface area contributed by atoms with Crippen LogP contribution in [0.1, 0.15) is 64.2 Å². The van der Waals surface area contributed by atoms with E-state index >= 15 is 0 Å². The molecule has 2 unspecified atom stereocenters. The van der Waals surface area contributed by atoms with Crippen LogP contribution in [0.2, 0.25) is 0 Å². The van der Waals surface area contributed by atoms with E-state index in [1.807, 2.05) is 48.2 Å². The predicted octanol–water partition coefficient (Wildman–Crippen LogP) is 6.24. The molecule has 0 spiro atoms. The van der Waals surface area contributed by atoms with Crippen molar-refractivity contribution in [3.8, 4) is 17.2 Å². The smallest absolute Gasteiger partial charge is 0.410 e. The number of Topliss-reactive ketones (excluding diaryl/α,β-unsaturated/α-hetero) is 1. The molecule has 0 saturated carbocycles. The van der Waals surface area contributed by atoms with E-state index in [1.165, 1.54) is 22.3 Å². The summed E-state index contributed by atoms with van der Waals surface area (Å²) >= 11 is 0. The second-order valence-corrected chi connectivity index (χ2v) is 10.2. The van der Waals surface area contributed by atoms with Crippen LogP contribution in [-0.2, 0) is 4.74 Å². The van der Waals surface area contributed by atoms with Crippen molar-refractivity contribution >= 4 is 11.9 Å². The van der Waals surface area contributed by atoms with Gasteiger partial charge in [-0.1, -0.05) is 60.7 Å². The number of hydrogen-bond donors (Lipinski definition) is 0. The summed E-state index contributed by atoms with van der Waals surface area (Å²) in [5.41, 5.74) is 6.63. The fourth-order valence-electron chi connectivity index (χ4n) is 6.65. The van der Waals surface area contributed by atoms with Crippen molar-refractivity contribution in [2.75, 3.05) is 6.61 Å². The van der Waals surface area contributed by atoms with Crippen LogP contribution in [0.5, 0.6) is 0 Å². The summed E-state index contributed by atoms with van der Waals surface area (Å²) < 4.78 is 5.95. The standard InChI is InChI=1S/C31H28N2O3/c1-19-7-6-8-20(17-32)29(19)30(34)21-15-22-13-14-23(16-21)33(22)31(35)36-18-28-26-11-4-2-9-24(26)25-10-3-5-12-27(25)28/h2-12,21-23,28H,13-16,18H2,1H3. The molecule has 180 valence electrons. The van der Waals surface area contributed by atoms with E-state index in [9.17, 15) is 14.9 Å². The van der Waals surface area contributed by atoms with E-state index in [2.05, 4.69) is 30.3 Å². The van der Waals surface area contributed by atoms with Gasteiger partial charge in [-0.05, 0) is 66.5 Å². The summed E-state index contributed by atoms with van der Waals surface area (Å²) in [7, 11) is 0. The number of hydrogen-bond acceptors (Lipinski definition) is 4. The minimum atomic E-state index is -0.274. The lowest BCUT2D eigenvalue weighted by Crippen LogP contribution is -2.48. The summed E-state index contributed by atoms with van der Waals surface area (Å²) in [6.07, 6.45) is 2.75. The van der Waals surface area contributed by atoms with Gasteiger partial charge in [0.25, 0.3) is 0 Å². The van der Waals surface area contributed by atoms with E-state index in [-0.39, 0.29) is 35.8 Å². The number of piperidine rings is 1. The average Bonchev–Trinajstić information content (AvgIpc) is 3.37. The van der Waals surface area contributed by atoms with Crippen LogP contribution in [0.25, 0.3) is 11.1 Å². The Hall–Kier alpha value is -3.91. The maximum absolute atomic E-state index is 13.4. The molecule has 2 bridgehead atoms. The predicted molar refractivity (Wildman–Crippen MR) is 137 cm³/mol. The zero-order valence-corrected chi connectivity index (χ0v) is 20.3. The van der Waals surface area contributed by atoms with Gasteiger partial charge in [-0.2, -0.15) is 5.26 Å². The van der Waals surface area contributed by atoms with Crippen molar-refractivity contribution in [2.45, 2.75) is 50.6 Å². The van der Waals surface area contributed by atoms with Gasteiger partial charge in [0.1, 0.15) is 6.61 Å². The first kappa shape index (κ1) is 22.5. The fraction of sp³-hybridized carbons (Fsp3) is 0.323. The van der Waals surface area contributed by atoms with Crippen LogP contribution in [-0.4, -0.2) is 35.5 Å². The number of nitrogens with zero attached hydrogens (tertiary/aromatic N) is 2. The molecule has 1 amide bonds. The Morgan fingerprint density at radius 3 is 2.14 bits per heavy atom. The van der Waals surface area contributed by atoms with Crippen LogP contribution in [0, 0.1) is 24.2 Å². The van der Waals surface area contributed by atoms with Gasteiger partial charge in [-0.25, -0.2) is 4.79 Å². The van der Waals surface area contributed by atoms with Crippen molar-refractivity contribution in [1.29, 1.82) is 5.26 Å². The average molecular weight is 477 g/mol. The molecule has 3 aromatic rings. The van der Waals surface area contributed by atoms with Gasteiger partial charge in [-0.3, -0.25) is 4.79 Å². The highest BCUT2D eigenvalue weighted by Gasteiger charge is 2.46. The van der Waals surface area contributed by atoms with Crippen molar-refractivity contribution in [2.24, 2.45) is 5.92 Å². The number of ether oxygens (including phenoxy) is 1. The molecule has 5 heteroatoms. The third-order valence-electron chi connectivity index (χ3n) is 8.29. The third kappa shape index (κ3) is 3.60. The number of aryl methyl sites for hydroxylation is 1. The van der Waals surface area contributed by atoms with Crippen molar-refractivity contribution in [3.05, 3.63) is 94.5 Å². The molecule has 36 heavy (non-hydrogen) atoms. The molecule has 2 heterocycles. The van der Waals surface area contributed by atoms with Crippen molar-refractivity contribution < 1.29 is 14.3 Å². The van der Waals surface area contributed by atoms with E-state index in [0.29, 0.717) is 30.6 Å². The maximum Gasteiger partial charge on any atom is 0.410 e. The SMILES string of the molecule is Cc1cccc(C#N)c1C(=O)C1CC2CCC(C1)N2C(=O)OCC1c2ccccc2-c2ccccc21. The Bertz CT molecular complexity index is 1350. The first-order chi connectivity index (χ1) is 17.6. The summed E-state index contributed by atoms with van der Waals surface area (Å²) in [6.45, 7) is 2.19. The molecule has 2 aliphatic heterocycles. The number of nitriles is 1. The van der Waals surface area contributed by atoms with Crippen molar-refractivity contribution in [1.82, 2.24) is 4.90 Å². The van der Waals surface area contributed by atoms with E-state index in [4.69, 9.17) is 4.74 Å². The minimum absolute atomic E-state index is 0.00269. The van der Waals surface area contributed by atoms with Gasteiger partial charge >= 0.3 is 6.09 Å². The molecule has 6 rings (SSSR count). The molecule has 2 saturated heterocycles. The monoisotopic (exact) mass is 476 g/mol. The molecule has 5 nitrogen and oxygen atoms in total. The highest BCUT2D eigenvalue weighted by atomic mass is 16.6. The Morgan fingerprint density at radius 1 is 0.917 bits per heavy atom. The quantitative estimate of drug-likeness (QED) is 0.418. The zero-order chi connectivity index (χ0) is 24.8. The lowest BCUT2D eigenvalue weighted by molar-refractivity contribution is 0.0505. The summed E-state index contributed by atoms with van der Waals surface area (Å²) in [5.74, 6) is -0.106. The lowest BCUT2D eigenvalue weighted by atomic mass is 9.82. The number of rotatable bonds is 4. The maximum atomic E-state index is 13.4. The third-order valence-corrected chi connectivity index (χ3v) is 8.29. The van der Waals surface area contributed by atoms with Crippen LogP contribution >= 0.6 is 0 Å². The van der Waals surface area contributed by atoms with Crippen LogP contribution in [0.4, 0.5) is 4.79 Å². The number of carbonyl (C=O) groups is 2. The second-order valence-electron chi connectivity index (χ2n) is 10.2. The van der Waals surface area contributed by atoms with Gasteiger partial charge in [0, 0.05) is 29.5 Å². The van der Waals surface area contributed by atoms with Gasteiger partial charge in [0.15, 0.2) is 5.78 Å². The molecule has 0 N–H and O–H groups in total. The first-order valence-electron chi connectivity index (χ1n) is 12.7. The fourth-order valence-corrected chi connectivity index (χ4v) is 6.65. The summed E-state index contributed by atoms with van der Waals surface area (Å²) in [6, 6.07) is 24.2. The lowest BCUT2D eigenvalue weighted by Gasteiger charge is -2.38. The molecular formula is C31H28N2O3. The Morgan fingerprint density at radius 2 is 1.53 bits per heavy atom. The molecule has 1 aliphatic carbocycles. The molecular weight excluding hydrogens is 448 g/mol. The minimum Gasteiger partial charge on any atom is -0.448 e. The van der Waals surface area contributed by atoms with Crippen LogP contribution < -0.4 is 0 Å². The van der Waals surface area contributed by atoms with E-state index in [1.54, 1.807) is 6.07 Å². The number of carbonyl (C=O) groups excluding carboxylic acids is 2. The zero-order valence-electron chi connectivity index (χ0n) is 20.3. The van der Waals surface area contributed by atoms with E-state index in [0.717, 1.165) is 18.4 Å². The summed E-state index contributed by atoms with van der Waals surface area (Å²) in [5, 5.41) is 9.52. The van der Waals surface area contributed by atoms with Crippen LogP contribution in [0.15, 0.2) is 66.7 Å². The molecule has 3 aromatic carbocycles. The normalized spacial score (nSPS) is 22.0. The molecule has 3 aliphatic rings. The summed E-state index contributed by atoms with van der Waals surface area (Å²) in [4.78, 5) is 28.6. The first-order valence-corrected chi connectivity index (χ1v) is 12.7. The van der Waals surface area contributed by atoms with Crippen molar-refractivity contribution in [3.63, 3.8) is 0 Å². The molecule has 0 aromatic heterocycles. The van der Waals surface area contributed by atoms with Gasteiger partial charge in [0.2, 0.25) is 0 Å². The van der Waals surface area contributed by atoms with E-state index < -0.39 is 0 Å². The topological polar surface area (TPSA) is 70.4 Å². The number of fused-ring (bicyclic) bond motifs is 5. The Kier molecular flexibility index (Phi) is 5.60. The van der Waals surface area contributed by atoms with Gasteiger partial charge in [-0.15, -0.1) is 0 Å². The molecule has 2 fully saturated rings. The number of benzene rings is 3. The number of amides is 1. The largest absolute Gasteiger partial charge is 0.448 e. The second kappa shape index (κ2) is 8.95. The van der Waals surface area contributed by atoms with Gasteiger partial charge in [0.05, 0.1) is 11.6 Å².